The molecule has 3 aromatic rings. The van der Waals surface area contributed by atoms with E-state index in [-0.39, 0.29) is 37.3 Å². The number of carbonyl (C=O) groups is 2. The third kappa shape index (κ3) is 15.3. The summed E-state index contributed by atoms with van der Waals surface area (Å²) < 4.78 is 44.8. The zero-order valence-corrected chi connectivity index (χ0v) is 53.3. The summed E-state index contributed by atoms with van der Waals surface area (Å²) in [5.74, 6) is -2.85. The van der Waals surface area contributed by atoms with Crippen molar-refractivity contribution in [3.63, 3.8) is 0 Å². The number of esters is 1. The van der Waals surface area contributed by atoms with Crippen LogP contribution in [0.3, 0.4) is 0 Å². The molecule has 0 bridgehead atoms. The van der Waals surface area contributed by atoms with E-state index >= 15 is 0 Å². The summed E-state index contributed by atoms with van der Waals surface area (Å²) in [5, 5.41) is 52.4. The fourth-order valence-electron chi connectivity index (χ4n) is 13.2. The monoisotopic (exact) mass is 1220 g/mol. The predicted molar refractivity (Wildman–Crippen MR) is 324 cm³/mol. The number of nitrogens with one attached hydrogen (secondary N) is 1. The Morgan fingerprint density at radius 2 is 1.37 bits per heavy atom. The molecule has 18 atom stereocenters. The molecule has 3 aliphatic heterocycles. The van der Waals surface area contributed by atoms with Crippen LogP contribution in [0.15, 0.2) is 91.0 Å². The van der Waals surface area contributed by atoms with Gasteiger partial charge in [0.15, 0.2) is 12.6 Å². The number of halogens is 1. The van der Waals surface area contributed by atoms with E-state index in [9.17, 15) is 30.0 Å². The number of ether oxygens (including phenoxy) is 7. The fourth-order valence-corrected chi connectivity index (χ4v) is 21.0. The minimum absolute atomic E-state index is 0.0978. The second-order valence-electron chi connectivity index (χ2n) is 24.8. The number of nitrogens with zero attached hydrogens (tertiary/aromatic N) is 2. The molecule has 5 N–H and O–H groups in total. The van der Waals surface area contributed by atoms with Crippen molar-refractivity contribution in [2.45, 2.75) is 211 Å². The summed E-state index contributed by atoms with van der Waals surface area (Å²) in [7, 11) is 7.16. The van der Waals surface area contributed by atoms with E-state index in [1.165, 1.54) is 23.0 Å². The second kappa shape index (κ2) is 28.4. The number of carbonyl (C=O) groups excluding carboxylic acids is 2. The van der Waals surface area contributed by atoms with Gasteiger partial charge in [-0.25, -0.2) is 0 Å². The molecule has 0 aromatic heterocycles. The number of benzene rings is 3. The van der Waals surface area contributed by atoms with Crippen molar-refractivity contribution < 1.29 is 63.2 Å². The zero-order chi connectivity index (χ0) is 59.7. The summed E-state index contributed by atoms with van der Waals surface area (Å²) in [6.45, 7) is 18.5. The topological polar surface area (TPSA) is 198 Å². The molecule has 3 saturated heterocycles. The van der Waals surface area contributed by atoms with E-state index in [1.807, 2.05) is 58.6 Å². The molecule has 3 aromatic carbocycles. The Morgan fingerprint density at radius 3 is 1.90 bits per heavy atom. The van der Waals surface area contributed by atoms with Crippen molar-refractivity contribution in [3.8, 4) is 0 Å². The summed E-state index contributed by atoms with van der Waals surface area (Å²) in [5.41, 5.74) is -4.62. The standard InChI is InChI=1S/C63H99BrN3O13P/c1-15-51-63(10,73)57(80-60(71)65-35-27-16-17-28-36-81(64,47-29-21-18-22-30-47,48-31-23-19-24-32-48)49-33-25-20-26-34-49)45(6)67(13)40-41(2)38-61(8,72)56(79-59-53(68)50(66(11)12)37-42(3)75-59)43(4)54(44(5)58(70)77-51)78-52-39-62(9,74-14)55(69)46(7)76-52/h18-26,29-34,41-46,50-57,59,68-69,72-73H,15-17,27-28,35-40H2,1-14H3,(H,65,71)/t41-,42-,43+,44-,45-,46+,50+,51-,52+,53-,54+,55+,56-,57-,59+,61-,62-,63-/m1/s1. The number of cyclic esters (lactones) is 1. The van der Waals surface area contributed by atoms with Gasteiger partial charge in [-0.2, -0.15) is 0 Å². The van der Waals surface area contributed by atoms with Crippen LogP contribution in [0.1, 0.15) is 121 Å². The first-order chi connectivity index (χ1) is 38.1. The van der Waals surface area contributed by atoms with Crippen LogP contribution in [0.2, 0.25) is 0 Å². The summed E-state index contributed by atoms with van der Waals surface area (Å²) in [6, 6.07) is 31.3. The molecule has 6 rings (SSSR count). The summed E-state index contributed by atoms with van der Waals surface area (Å²) in [4.78, 5) is 32.9. The Bertz CT molecular complexity index is 2330. The second-order valence-corrected chi connectivity index (χ2v) is 33.9. The van der Waals surface area contributed by atoms with Crippen LogP contribution in [0.25, 0.3) is 0 Å². The third-order valence-electron chi connectivity index (χ3n) is 18.1. The number of amides is 1. The van der Waals surface area contributed by atoms with Gasteiger partial charge in [0.25, 0.3) is 0 Å². The zero-order valence-electron chi connectivity index (χ0n) is 50.8. The van der Waals surface area contributed by atoms with E-state index in [2.05, 4.69) is 112 Å². The molecule has 3 fully saturated rings. The van der Waals surface area contributed by atoms with Crippen LogP contribution in [0, 0.1) is 17.8 Å². The molecule has 1 amide bonds. The van der Waals surface area contributed by atoms with Gasteiger partial charge in [0.05, 0.1) is 41.5 Å². The van der Waals surface area contributed by atoms with Gasteiger partial charge >= 0.3 is 241 Å². The average Bonchev–Trinajstić information content (AvgIpc) is 3.61. The first kappa shape index (κ1) is 67.0. The number of likely N-dealkylation sites (N-methyl/N-ethyl adjacent to an activating group) is 2. The molecule has 3 heterocycles. The van der Waals surface area contributed by atoms with Gasteiger partial charge in [-0.15, -0.1) is 0 Å². The average molecular weight is 1220 g/mol. The third-order valence-corrected chi connectivity index (χ3v) is 28.1. The first-order valence-corrected chi connectivity index (χ1v) is 34.0. The molecular weight excluding hydrogens is 1120 g/mol. The summed E-state index contributed by atoms with van der Waals surface area (Å²) in [6.07, 6.45) is -5.21. The van der Waals surface area contributed by atoms with Crippen LogP contribution in [-0.4, -0.2) is 180 Å². The molecule has 0 radical (unpaired) electrons. The maximum atomic E-state index is 14.9. The molecule has 16 nitrogen and oxygen atoms in total. The number of methoxy groups -OCH3 is 1. The number of aliphatic hydroxyl groups is 4. The van der Waals surface area contributed by atoms with E-state index < -0.39 is 107 Å². The number of hydrogen-bond acceptors (Lipinski definition) is 15. The normalized spacial score (nSPS) is 36.6. The van der Waals surface area contributed by atoms with Crippen LogP contribution in [0.4, 0.5) is 4.79 Å². The van der Waals surface area contributed by atoms with Crippen molar-refractivity contribution >= 4 is 48.8 Å². The molecule has 0 spiro atoms. The number of hydrogen-bond donors (Lipinski definition) is 5. The van der Waals surface area contributed by atoms with Crippen LogP contribution >= 0.6 is 20.8 Å². The van der Waals surface area contributed by atoms with Gasteiger partial charge in [-0.1, -0.05) is 20.8 Å². The molecular formula is C63H99BrN3O13P. The van der Waals surface area contributed by atoms with E-state index in [0.717, 1.165) is 25.4 Å². The van der Waals surface area contributed by atoms with Crippen molar-refractivity contribution in [3.05, 3.63) is 91.0 Å². The Morgan fingerprint density at radius 1 is 0.815 bits per heavy atom. The first-order valence-electron chi connectivity index (χ1n) is 29.5. The molecule has 456 valence electrons. The van der Waals surface area contributed by atoms with Gasteiger partial charge < -0.3 is 48.6 Å². The Hall–Kier alpha value is -3.13. The molecule has 0 unspecified atom stereocenters. The molecule has 3 aliphatic rings. The predicted octanol–water partition coefficient (Wildman–Crippen LogP) is 8.03. The summed E-state index contributed by atoms with van der Waals surface area (Å²) >= 11 is 4.56. The molecule has 0 aliphatic carbocycles. The molecule has 18 heteroatoms. The minimum atomic E-state index is -3.08. The van der Waals surface area contributed by atoms with Crippen LogP contribution < -0.4 is 21.2 Å². The number of alkyl carbamates (subject to hydrolysis) is 1. The van der Waals surface area contributed by atoms with Crippen LogP contribution in [0.5, 0.6) is 0 Å². The van der Waals surface area contributed by atoms with Gasteiger partial charge in [0.2, 0.25) is 0 Å². The Kier molecular flexibility index (Phi) is 23.5. The van der Waals surface area contributed by atoms with E-state index in [1.54, 1.807) is 41.5 Å². The van der Waals surface area contributed by atoms with Gasteiger partial charge in [-0.3, -0.25) is 4.79 Å². The van der Waals surface area contributed by atoms with Crippen molar-refractivity contribution in [1.29, 1.82) is 0 Å². The van der Waals surface area contributed by atoms with Crippen molar-refractivity contribution in [2.24, 2.45) is 17.8 Å². The van der Waals surface area contributed by atoms with E-state index in [0.29, 0.717) is 25.9 Å². The quantitative estimate of drug-likeness (QED) is 0.0466. The Balaban J connectivity index is 1.23. The molecule has 0 saturated carbocycles. The van der Waals surface area contributed by atoms with E-state index in [4.69, 9.17) is 33.2 Å². The Labute approximate surface area is 491 Å². The maximum absolute atomic E-state index is 14.9. The number of unbranched alkanes of at least 4 members (excludes halogenated alkanes) is 3. The van der Waals surface area contributed by atoms with Crippen molar-refractivity contribution in [1.82, 2.24) is 15.1 Å². The number of aliphatic hydroxyl groups excluding tert-OH is 2. The molecule has 81 heavy (non-hydrogen) atoms. The number of rotatable bonds is 18. The van der Waals surface area contributed by atoms with Gasteiger partial charge in [-0.05, 0) is 80.9 Å². The SMILES string of the molecule is CC[C@H]1OC(=O)[C@H](C)[C@@H](O[C@H]2C[C@@](C)(OC)[C@@H](O)[C@H](C)O2)[C@H](C)[C@@H](O[C@@H]2O[C@H](C)C[C@H](N(C)C)[C@H]2O)[C@](C)(O)C[C@@H](C)CN(C)[C@H](C)[C@@H](OC(=O)NCCCCCCP(Br)(c2ccccc2)(c2ccccc2)c2ccccc2)[C@]1(C)O. The van der Waals surface area contributed by atoms with Gasteiger partial charge in [0.1, 0.15) is 12.2 Å². The van der Waals surface area contributed by atoms with Crippen molar-refractivity contribution in [2.75, 3.05) is 47.5 Å². The van der Waals surface area contributed by atoms with Crippen LogP contribution in [-0.2, 0) is 38.0 Å². The fraction of sp³-hybridized carbons (Fsp3) is 0.683. The van der Waals surface area contributed by atoms with Gasteiger partial charge in [0, 0.05) is 32.0 Å².